The Bertz CT molecular complexity index is 631. The van der Waals surface area contributed by atoms with Gasteiger partial charge in [0.25, 0.3) is 5.91 Å². The SMILES string of the molecule is Cc1nc(-c2cccs2)sc1C(=O)NC1CNCCC1C.Cl.Cl. The number of halogens is 2. The molecule has 1 amide bonds. The third-order valence-electron chi connectivity index (χ3n) is 3.88. The normalized spacial score (nSPS) is 20.3. The molecule has 0 spiro atoms. The van der Waals surface area contributed by atoms with E-state index in [1.54, 1.807) is 11.3 Å². The average Bonchev–Trinajstić information content (AvgIpc) is 3.10. The van der Waals surface area contributed by atoms with Gasteiger partial charge in [-0.15, -0.1) is 47.5 Å². The molecule has 2 aromatic rings. The summed E-state index contributed by atoms with van der Waals surface area (Å²) in [6.07, 6.45) is 1.10. The van der Waals surface area contributed by atoms with Crippen molar-refractivity contribution in [1.29, 1.82) is 0 Å². The van der Waals surface area contributed by atoms with E-state index in [0.29, 0.717) is 5.92 Å². The van der Waals surface area contributed by atoms with Crippen molar-refractivity contribution in [3.05, 3.63) is 28.1 Å². The zero-order chi connectivity index (χ0) is 14.8. The Morgan fingerprint density at radius 1 is 1.43 bits per heavy atom. The van der Waals surface area contributed by atoms with E-state index < -0.39 is 0 Å². The van der Waals surface area contributed by atoms with Crippen LogP contribution in [0.2, 0.25) is 0 Å². The third kappa shape index (κ3) is 4.67. The van der Waals surface area contributed by atoms with Crippen LogP contribution in [0.25, 0.3) is 9.88 Å². The van der Waals surface area contributed by atoms with E-state index in [4.69, 9.17) is 0 Å². The molecule has 3 rings (SSSR count). The Kier molecular flexibility index (Phi) is 7.97. The molecular formula is C15H21Cl2N3OS2. The summed E-state index contributed by atoms with van der Waals surface area (Å²) in [7, 11) is 0. The number of piperidine rings is 1. The zero-order valence-electron chi connectivity index (χ0n) is 13.0. The minimum atomic E-state index is 0. The minimum absolute atomic E-state index is 0. The van der Waals surface area contributed by atoms with Gasteiger partial charge in [-0.25, -0.2) is 4.98 Å². The number of aromatic nitrogens is 1. The van der Waals surface area contributed by atoms with E-state index in [2.05, 4.69) is 22.5 Å². The number of nitrogens with one attached hydrogen (secondary N) is 2. The lowest BCUT2D eigenvalue weighted by atomic mass is 9.95. The van der Waals surface area contributed by atoms with Gasteiger partial charge in [0.1, 0.15) is 9.88 Å². The quantitative estimate of drug-likeness (QED) is 0.834. The lowest BCUT2D eigenvalue weighted by Gasteiger charge is -2.30. The Balaban J connectivity index is 0.00000132. The van der Waals surface area contributed by atoms with E-state index in [1.165, 1.54) is 11.3 Å². The van der Waals surface area contributed by atoms with Crippen molar-refractivity contribution >= 4 is 53.4 Å². The number of carbonyl (C=O) groups is 1. The second-order valence-electron chi connectivity index (χ2n) is 5.46. The van der Waals surface area contributed by atoms with Crippen LogP contribution >= 0.6 is 47.5 Å². The first-order chi connectivity index (χ1) is 10.1. The molecule has 0 saturated carbocycles. The predicted molar refractivity (Wildman–Crippen MR) is 103 cm³/mol. The predicted octanol–water partition coefficient (Wildman–Crippen LogP) is 3.75. The molecule has 0 aliphatic carbocycles. The summed E-state index contributed by atoms with van der Waals surface area (Å²) in [4.78, 5) is 18.9. The Morgan fingerprint density at radius 3 is 2.87 bits per heavy atom. The molecule has 0 bridgehead atoms. The summed E-state index contributed by atoms with van der Waals surface area (Å²) in [6, 6.07) is 4.25. The zero-order valence-corrected chi connectivity index (χ0v) is 16.3. The largest absolute Gasteiger partial charge is 0.347 e. The number of nitrogens with zero attached hydrogens (tertiary/aromatic N) is 1. The Labute approximate surface area is 156 Å². The molecule has 0 radical (unpaired) electrons. The molecule has 0 aromatic carbocycles. The maximum Gasteiger partial charge on any atom is 0.263 e. The smallest absolute Gasteiger partial charge is 0.263 e. The molecular weight excluding hydrogens is 373 g/mol. The van der Waals surface area contributed by atoms with Crippen LogP contribution < -0.4 is 10.6 Å². The monoisotopic (exact) mass is 393 g/mol. The van der Waals surface area contributed by atoms with Gasteiger partial charge in [0.2, 0.25) is 0 Å². The number of aryl methyl sites for hydroxylation is 1. The molecule has 2 unspecified atom stereocenters. The summed E-state index contributed by atoms with van der Waals surface area (Å²) < 4.78 is 0. The van der Waals surface area contributed by atoms with Crippen molar-refractivity contribution in [3.8, 4) is 9.88 Å². The van der Waals surface area contributed by atoms with Gasteiger partial charge in [-0.1, -0.05) is 13.0 Å². The Hall–Kier alpha value is -0.660. The molecule has 2 N–H and O–H groups in total. The highest BCUT2D eigenvalue weighted by Crippen LogP contribution is 2.31. The van der Waals surface area contributed by atoms with Crippen LogP contribution in [0.4, 0.5) is 0 Å². The molecule has 1 fully saturated rings. The first-order valence-corrected chi connectivity index (χ1v) is 8.87. The van der Waals surface area contributed by atoms with Gasteiger partial charge in [-0.2, -0.15) is 0 Å². The van der Waals surface area contributed by atoms with Crippen LogP contribution in [0.3, 0.4) is 0 Å². The number of hydrogen-bond donors (Lipinski definition) is 2. The van der Waals surface area contributed by atoms with Gasteiger partial charge < -0.3 is 10.6 Å². The molecule has 4 nitrogen and oxygen atoms in total. The van der Waals surface area contributed by atoms with Gasteiger partial charge in [0, 0.05) is 12.6 Å². The number of hydrogen-bond acceptors (Lipinski definition) is 5. The molecule has 128 valence electrons. The van der Waals surface area contributed by atoms with E-state index in [9.17, 15) is 4.79 Å². The molecule has 3 heterocycles. The van der Waals surface area contributed by atoms with Gasteiger partial charge in [0.15, 0.2) is 0 Å². The second kappa shape index (κ2) is 8.99. The van der Waals surface area contributed by atoms with Crippen molar-refractivity contribution in [3.63, 3.8) is 0 Å². The number of rotatable bonds is 3. The van der Waals surface area contributed by atoms with E-state index >= 15 is 0 Å². The molecule has 23 heavy (non-hydrogen) atoms. The lowest BCUT2D eigenvalue weighted by molar-refractivity contribution is 0.0918. The molecule has 1 saturated heterocycles. The number of thiazole rings is 1. The van der Waals surface area contributed by atoms with Crippen molar-refractivity contribution in [2.24, 2.45) is 5.92 Å². The van der Waals surface area contributed by atoms with Gasteiger partial charge >= 0.3 is 0 Å². The van der Waals surface area contributed by atoms with Crippen molar-refractivity contribution in [2.45, 2.75) is 26.3 Å². The highest BCUT2D eigenvalue weighted by Gasteiger charge is 2.25. The van der Waals surface area contributed by atoms with Crippen LogP contribution in [0.15, 0.2) is 17.5 Å². The first-order valence-electron chi connectivity index (χ1n) is 7.18. The molecule has 1 aliphatic rings. The topological polar surface area (TPSA) is 54.0 Å². The fourth-order valence-corrected chi connectivity index (χ4v) is 4.30. The molecule has 2 aromatic heterocycles. The van der Waals surface area contributed by atoms with E-state index in [1.807, 2.05) is 24.4 Å². The summed E-state index contributed by atoms with van der Waals surface area (Å²) >= 11 is 3.13. The van der Waals surface area contributed by atoms with Crippen LogP contribution in [0.5, 0.6) is 0 Å². The fourth-order valence-electron chi connectivity index (χ4n) is 2.53. The van der Waals surface area contributed by atoms with Gasteiger partial charge in [-0.3, -0.25) is 4.79 Å². The standard InChI is InChI=1S/C15H19N3OS2.2ClH/c1-9-5-6-16-8-11(9)18-14(19)13-10(2)17-15(21-13)12-4-3-7-20-12;;/h3-4,7,9,11,16H,5-6,8H2,1-2H3,(H,18,19);2*1H. The third-order valence-corrected chi connectivity index (χ3v) is 6.07. The maximum absolute atomic E-state index is 12.5. The number of carbonyl (C=O) groups excluding carboxylic acids is 1. The van der Waals surface area contributed by atoms with Crippen molar-refractivity contribution in [2.75, 3.05) is 13.1 Å². The van der Waals surface area contributed by atoms with Gasteiger partial charge in [-0.05, 0) is 37.3 Å². The molecule has 1 aliphatic heterocycles. The van der Waals surface area contributed by atoms with Crippen molar-refractivity contribution in [1.82, 2.24) is 15.6 Å². The molecule has 2 atom stereocenters. The van der Waals surface area contributed by atoms with E-state index in [0.717, 1.165) is 40.0 Å². The van der Waals surface area contributed by atoms with E-state index in [-0.39, 0.29) is 36.8 Å². The van der Waals surface area contributed by atoms with Crippen LogP contribution in [0, 0.1) is 12.8 Å². The van der Waals surface area contributed by atoms with Gasteiger partial charge in [0.05, 0.1) is 10.6 Å². The number of thiophene rings is 1. The minimum Gasteiger partial charge on any atom is -0.347 e. The summed E-state index contributed by atoms with van der Waals surface area (Å²) in [5.41, 5.74) is 0.817. The highest BCUT2D eigenvalue weighted by atomic mass is 35.5. The number of amides is 1. The van der Waals surface area contributed by atoms with Crippen LogP contribution in [0.1, 0.15) is 28.7 Å². The summed E-state index contributed by atoms with van der Waals surface area (Å²) in [5, 5.41) is 9.46. The van der Waals surface area contributed by atoms with Crippen LogP contribution in [-0.4, -0.2) is 30.0 Å². The second-order valence-corrected chi connectivity index (χ2v) is 7.41. The maximum atomic E-state index is 12.5. The first kappa shape index (κ1) is 20.4. The molecule has 8 heteroatoms. The summed E-state index contributed by atoms with van der Waals surface area (Å²) in [5.74, 6) is 0.522. The Morgan fingerprint density at radius 2 is 2.22 bits per heavy atom. The van der Waals surface area contributed by atoms with Crippen LogP contribution in [-0.2, 0) is 0 Å². The van der Waals surface area contributed by atoms with Crippen molar-refractivity contribution < 1.29 is 4.79 Å². The summed E-state index contributed by atoms with van der Waals surface area (Å²) in [6.45, 7) is 5.99. The average molecular weight is 394 g/mol. The highest BCUT2D eigenvalue weighted by molar-refractivity contribution is 7.22. The fraction of sp³-hybridized carbons (Fsp3) is 0.467. The lowest BCUT2D eigenvalue weighted by Crippen LogP contribution is -2.50.